The molecule has 0 saturated carbocycles. The number of hydrogen-bond acceptors (Lipinski definition) is 6. The Labute approximate surface area is 180 Å². The Morgan fingerprint density at radius 1 is 1.31 bits per heavy atom. The van der Waals surface area contributed by atoms with Crippen LogP contribution in [0, 0.1) is 0 Å². The second-order valence-corrected chi connectivity index (χ2v) is 8.89. The minimum Gasteiger partial charge on any atom is -0.371 e. The molecule has 2 aliphatic heterocycles. The second-order valence-electron chi connectivity index (χ2n) is 7.63. The van der Waals surface area contributed by atoms with E-state index in [0.29, 0.717) is 24.7 Å². The van der Waals surface area contributed by atoms with Crippen LogP contribution in [0.1, 0.15) is 25.8 Å². The molecule has 0 aliphatic carbocycles. The van der Waals surface area contributed by atoms with Gasteiger partial charge in [-0.1, -0.05) is 17.7 Å². The molecule has 2 aromatic rings. The largest absolute Gasteiger partial charge is 0.371 e. The first-order valence-electron chi connectivity index (χ1n) is 9.88. The topological polar surface area (TPSA) is 63.5 Å². The van der Waals surface area contributed by atoms with Crippen LogP contribution in [0.15, 0.2) is 35.6 Å². The van der Waals surface area contributed by atoms with Gasteiger partial charge in [-0.15, -0.1) is 11.8 Å². The van der Waals surface area contributed by atoms with Crippen molar-refractivity contribution in [2.24, 2.45) is 0 Å². The van der Waals surface area contributed by atoms with Gasteiger partial charge in [-0.05, 0) is 38.2 Å². The number of thioether (sulfide) groups is 1. The fourth-order valence-electron chi connectivity index (χ4n) is 4.08. The van der Waals surface area contributed by atoms with E-state index in [1.54, 1.807) is 28.8 Å². The average Bonchev–Trinajstić information content (AvgIpc) is 3.19. The van der Waals surface area contributed by atoms with E-state index in [0.717, 1.165) is 36.8 Å². The second kappa shape index (κ2) is 8.53. The third-order valence-electron chi connectivity index (χ3n) is 5.80. The number of nitrogens with zero attached hydrogens (tertiary/aromatic N) is 5. The number of rotatable bonds is 4. The highest BCUT2D eigenvalue weighted by molar-refractivity contribution is 7.98. The summed E-state index contributed by atoms with van der Waals surface area (Å²) in [5, 5.41) is 5.73. The lowest BCUT2D eigenvalue weighted by Crippen LogP contribution is -2.58. The Morgan fingerprint density at radius 2 is 2.10 bits per heavy atom. The predicted molar refractivity (Wildman–Crippen MR) is 115 cm³/mol. The van der Waals surface area contributed by atoms with Gasteiger partial charge in [0.05, 0.1) is 28.5 Å². The number of halogens is 1. The molecule has 29 heavy (non-hydrogen) atoms. The molecule has 156 valence electrons. The Morgan fingerprint density at radius 3 is 2.79 bits per heavy atom. The van der Waals surface area contributed by atoms with Crippen molar-refractivity contribution in [2.45, 2.75) is 36.4 Å². The van der Waals surface area contributed by atoms with Crippen LogP contribution in [0.3, 0.4) is 0 Å². The lowest BCUT2D eigenvalue weighted by molar-refractivity contribution is -0.142. The van der Waals surface area contributed by atoms with E-state index < -0.39 is 0 Å². The van der Waals surface area contributed by atoms with Gasteiger partial charge in [0, 0.05) is 32.4 Å². The van der Waals surface area contributed by atoms with Crippen LogP contribution in [-0.4, -0.2) is 70.2 Å². The summed E-state index contributed by atoms with van der Waals surface area (Å²) >= 11 is 7.59. The molecule has 0 bridgehead atoms. The Hall–Kier alpha value is -1.77. The molecule has 2 aromatic heterocycles. The molecular weight excluding hydrogens is 410 g/mol. The summed E-state index contributed by atoms with van der Waals surface area (Å²) in [5.41, 5.74) is -0.218. The summed E-state index contributed by atoms with van der Waals surface area (Å²) < 4.78 is 7.87. The molecule has 1 unspecified atom stereocenters. The Bertz CT molecular complexity index is 868. The van der Waals surface area contributed by atoms with E-state index >= 15 is 0 Å². The molecule has 9 heteroatoms. The highest BCUT2D eigenvalue weighted by Crippen LogP contribution is 2.33. The van der Waals surface area contributed by atoms with Gasteiger partial charge < -0.3 is 14.5 Å². The summed E-state index contributed by atoms with van der Waals surface area (Å²) in [6, 6.07) is 5.79. The molecule has 0 aromatic carbocycles. The standard InChI is InChI=1S/C20H26ClN5O2S/c1-15(26-13-16(21)12-22-26)19(27)24-8-6-20(7-9-24)14-25(10-11-28-20)17-4-3-5-18(23-17)29-2/h3-5,12-13,15H,6-11,14H2,1-2H3. The number of morpholine rings is 1. The van der Waals surface area contributed by atoms with Crippen molar-refractivity contribution in [3.8, 4) is 0 Å². The van der Waals surface area contributed by atoms with Crippen molar-refractivity contribution < 1.29 is 9.53 Å². The highest BCUT2D eigenvalue weighted by atomic mass is 35.5. The van der Waals surface area contributed by atoms with Gasteiger partial charge in [0.25, 0.3) is 0 Å². The normalized spacial score (nSPS) is 20.1. The van der Waals surface area contributed by atoms with Crippen LogP contribution in [0.4, 0.5) is 5.82 Å². The quantitative estimate of drug-likeness (QED) is 0.687. The van der Waals surface area contributed by atoms with E-state index in [-0.39, 0.29) is 17.6 Å². The first kappa shape index (κ1) is 20.5. The number of likely N-dealkylation sites (tertiary alicyclic amines) is 1. The maximum absolute atomic E-state index is 12.9. The summed E-state index contributed by atoms with van der Waals surface area (Å²) in [4.78, 5) is 21.9. The van der Waals surface area contributed by atoms with Gasteiger partial charge >= 0.3 is 0 Å². The summed E-state index contributed by atoms with van der Waals surface area (Å²) in [6.45, 7) is 5.56. The summed E-state index contributed by atoms with van der Waals surface area (Å²) in [6.07, 6.45) is 6.93. The van der Waals surface area contributed by atoms with E-state index in [1.165, 1.54) is 0 Å². The van der Waals surface area contributed by atoms with Gasteiger partial charge in [0.15, 0.2) is 0 Å². The van der Waals surface area contributed by atoms with Crippen LogP contribution in [0.2, 0.25) is 5.02 Å². The number of carbonyl (C=O) groups excluding carboxylic acids is 1. The van der Waals surface area contributed by atoms with Crippen LogP contribution in [0.25, 0.3) is 0 Å². The average molecular weight is 436 g/mol. The molecule has 1 atom stereocenters. The molecule has 2 aliphatic rings. The molecule has 0 N–H and O–H groups in total. The fraction of sp³-hybridized carbons (Fsp3) is 0.550. The molecule has 2 saturated heterocycles. The molecular formula is C20H26ClN5O2S. The smallest absolute Gasteiger partial charge is 0.247 e. The van der Waals surface area contributed by atoms with Crippen LogP contribution >= 0.6 is 23.4 Å². The number of aromatic nitrogens is 3. The fourth-order valence-corrected chi connectivity index (χ4v) is 4.62. The zero-order valence-electron chi connectivity index (χ0n) is 16.8. The minimum atomic E-state index is -0.362. The number of anilines is 1. The zero-order valence-corrected chi connectivity index (χ0v) is 18.3. The predicted octanol–water partition coefficient (Wildman–Crippen LogP) is 3.11. The van der Waals surface area contributed by atoms with Gasteiger partial charge in [-0.3, -0.25) is 9.48 Å². The maximum Gasteiger partial charge on any atom is 0.247 e. The third-order valence-corrected chi connectivity index (χ3v) is 6.64. The summed E-state index contributed by atoms with van der Waals surface area (Å²) in [5.74, 6) is 1.07. The zero-order chi connectivity index (χ0) is 20.4. The Balaban J connectivity index is 1.39. The van der Waals surface area contributed by atoms with E-state index in [9.17, 15) is 4.79 Å². The van der Waals surface area contributed by atoms with Gasteiger partial charge in [-0.2, -0.15) is 5.10 Å². The monoisotopic (exact) mass is 435 g/mol. The maximum atomic E-state index is 12.9. The SMILES string of the molecule is CSc1cccc(N2CCOC3(CCN(C(=O)C(C)n4cc(Cl)cn4)CC3)C2)n1. The van der Waals surface area contributed by atoms with Crippen LogP contribution in [-0.2, 0) is 9.53 Å². The van der Waals surface area contributed by atoms with Gasteiger partial charge in [-0.25, -0.2) is 4.98 Å². The van der Waals surface area contributed by atoms with Gasteiger partial charge in [0.2, 0.25) is 5.91 Å². The van der Waals surface area contributed by atoms with Crippen molar-refractivity contribution in [1.29, 1.82) is 0 Å². The molecule has 1 spiro atoms. The van der Waals surface area contributed by atoms with Crippen molar-refractivity contribution >= 4 is 35.1 Å². The van der Waals surface area contributed by atoms with E-state index in [2.05, 4.69) is 22.1 Å². The molecule has 4 heterocycles. The molecule has 0 radical (unpaired) electrons. The molecule has 2 fully saturated rings. The van der Waals surface area contributed by atoms with Crippen LogP contribution < -0.4 is 4.90 Å². The van der Waals surface area contributed by atoms with Crippen molar-refractivity contribution in [2.75, 3.05) is 43.9 Å². The first-order chi connectivity index (χ1) is 14.0. The molecule has 4 rings (SSSR count). The summed E-state index contributed by atoms with van der Waals surface area (Å²) in [7, 11) is 0. The van der Waals surface area contributed by atoms with Crippen molar-refractivity contribution in [1.82, 2.24) is 19.7 Å². The lowest BCUT2D eigenvalue weighted by Gasteiger charge is -2.47. The minimum absolute atomic E-state index is 0.0709. The number of ether oxygens (including phenoxy) is 1. The van der Waals surface area contributed by atoms with E-state index in [1.807, 2.05) is 24.1 Å². The van der Waals surface area contributed by atoms with E-state index in [4.69, 9.17) is 21.3 Å². The lowest BCUT2D eigenvalue weighted by atomic mass is 9.89. The first-order valence-corrected chi connectivity index (χ1v) is 11.5. The highest BCUT2D eigenvalue weighted by Gasteiger charge is 2.41. The number of pyridine rings is 1. The third kappa shape index (κ3) is 4.39. The number of hydrogen-bond donors (Lipinski definition) is 0. The Kier molecular flexibility index (Phi) is 6.03. The number of piperidine rings is 1. The van der Waals surface area contributed by atoms with Gasteiger partial charge in [0.1, 0.15) is 11.9 Å². The molecule has 1 amide bonds. The number of carbonyl (C=O) groups is 1. The van der Waals surface area contributed by atoms with Crippen molar-refractivity contribution in [3.05, 3.63) is 35.6 Å². The van der Waals surface area contributed by atoms with Crippen molar-refractivity contribution in [3.63, 3.8) is 0 Å². The molecule has 7 nitrogen and oxygen atoms in total. The number of amides is 1. The van der Waals surface area contributed by atoms with Crippen LogP contribution in [0.5, 0.6) is 0 Å².